The fourth-order valence-corrected chi connectivity index (χ4v) is 4.44. The largest absolute Gasteiger partial charge is 0.345 e. The van der Waals surface area contributed by atoms with Crippen LogP contribution in [0.15, 0.2) is 97.3 Å². The van der Waals surface area contributed by atoms with Crippen molar-refractivity contribution in [3.05, 3.63) is 125 Å². The summed E-state index contributed by atoms with van der Waals surface area (Å²) in [6.45, 7) is 7.18. The number of hydrogen-bond donors (Lipinski definition) is 1. The highest BCUT2D eigenvalue weighted by Gasteiger charge is 2.22. The van der Waals surface area contributed by atoms with Gasteiger partial charge in [0.2, 0.25) is 0 Å². The van der Waals surface area contributed by atoms with Crippen molar-refractivity contribution in [2.75, 3.05) is 6.54 Å². The molecule has 0 saturated heterocycles. The Hall–Kier alpha value is -4.25. The maximum Gasteiger partial charge on any atom is 0.254 e. The molecular weight excluding hydrogens is 458 g/mol. The molecule has 0 aliphatic heterocycles. The monoisotopic (exact) mass is 491 g/mol. The van der Waals surface area contributed by atoms with Gasteiger partial charge in [0.25, 0.3) is 11.8 Å². The van der Waals surface area contributed by atoms with Crippen LogP contribution in [0.3, 0.4) is 0 Å². The van der Waals surface area contributed by atoms with Crippen LogP contribution in [0.2, 0.25) is 0 Å². The van der Waals surface area contributed by atoms with Crippen molar-refractivity contribution in [3.8, 4) is 11.1 Å². The summed E-state index contributed by atoms with van der Waals surface area (Å²) in [5.41, 5.74) is 5.79. The highest BCUT2D eigenvalue weighted by atomic mass is 16.2. The van der Waals surface area contributed by atoms with Gasteiger partial charge in [-0.05, 0) is 60.7 Å². The molecule has 188 valence electrons. The molecule has 1 N–H and O–H groups in total. The van der Waals surface area contributed by atoms with Crippen LogP contribution in [0.5, 0.6) is 0 Å². The van der Waals surface area contributed by atoms with E-state index in [9.17, 15) is 9.59 Å². The van der Waals surface area contributed by atoms with E-state index < -0.39 is 0 Å². The molecule has 4 rings (SSSR count). The van der Waals surface area contributed by atoms with Crippen LogP contribution in [0.4, 0.5) is 0 Å². The highest BCUT2D eigenvalue weighted by Crippen LogP contribution is 2.29. The minimum atomic E-state index is -0.174. The molecule has 1 aromatic heterocycles. The molecule has 0 aliphatic carbocycles. The van der Waals surface area contributed by atoms with E-state index in [0.717, 1.165) is 28.7 Å². The summed E-state index contributed by atoms with van der Waals surface area (Å²) in [5.74, 6) is -0.240. The van der Waals surface area contributed by atoms with Crippen molar-refractivity contribution >= 4 is 11.8 Å². The van der Waals surface area contributed by atoms with Crippen molar-refractivity contribution in [2.45, 2.75) is 39.8 Å². The molecule has 0 radical (unpaired) electrons. The molecule has 0 fully saturated rings. The van der Waals surface area contributed by atoms with Crippen molar-refractivity contribution in [3.63, 3.8) is 0 Å². The zero-order valence-electron chi connectivity index (χ0n) is 21.6. The maximum absolute atomic E-state index is 13.8. The third kappa shape index (κ3) is 6.31. The number of aromatic nitrogens is 1. The number of amides is 2. The number of carbonyl (C=O) groups is 2. The lowest BCUT2D eigenvalue weighted by molar-refractivity contribution is 0.0743. The Kier molecular flexibility index (Phi) is 8.47. The van der Waals surface area contributed by atoms with Gasteiger partial charge in [0.15, 0.2) is 0 Å². The van der Waals surface area contributed by atoms with E-state index in [4.69, 9.17) is 0 Å². The second-order valence-electron chi connectivity index (χ2n) is 9.28. The number of nitrogens with zero attached hydrogens (tertiary/aromatic N) is 2. The summed E-state index contributed by atoms with van der Waals surface area (Å²) in [7, 11) is 0. The van der Waals surface area contributed by atoms with Gasteiger partial charge in [0.1, 0.15) is 0 Å². The molecule has 0 saturated carbocycles. The van der Waals surface area contributed by atoms with Crippen LogP contribution in [0.1, 0.15) is 63.7 Å². The van der Waals surface area contributed by atoms with Crippen molar-refractivity contribution in [2.24, 2.45) is 0 Å². The van der Waals surface area contributed by atoms with Crippen molar-refractivity contribution in [1.29, 1.82) is 0 Å². The van der Waals surface area contributed by atoms with Gasteiger partial charge in [-0.1, -0.05) is 79.2 Å². The molecule has 0 bridgehead atoms. The molecule has 0 spiro atoms. The van der Waals surface area contributed by atoms with Gasteiger partial charge in [-0.3, -0.25) is 14.6 Å². The predicted molar refractivity (Wildman–Crippen MR) is 148 cm³/mol. The standard InChI is InChI=1S/C32H33N3O2/c1-4-20-35(22-25-10-9-19-33-21-25)32(37)30-14-8-6-12-28(30)27-11-5-7-13-29(27)31(36)34-24(3)26-17-15-23(2)16-18-26/h5-19,21,24H,4,20,22H2,1-3H3,(H,34,36)/t24-/m1/s1. The van der Waals surface area contributed by atoms with E-state index >= 15 is 0 Å². The van der Waals surface area contributed by atoms with Gasteiger partial charge in [-0.15, -0.1) is 0 Å². The minimum Gasteiger partial charge on any atom is -0.345 e. The van der Waals surface area contributed by atoms with Gasteiger partial charge in [0, 0.05) is 36.6 Å². The Bertz CT molecular complexity index is 1350. The SMILES string of the molecule is CCCN(Cc1cccnc1)C(=O)c1ccccc1-c1ccccc1C(=O)N[C@H](C)c1ccc(C)cc1. The summed E-state index contributed by atoms with van der Waals surface area (Å²) in [4.78, 5) is 33.3. The average Bonchev–Trinajstić information content (AvgIpc) is 2.93. The zero-order chi connectivity index (χ0) is 26.2. The second kappa shape index (κ2) is 12.1. The molecule has 1 atom stereocenters. The Labute approximate surface area is 219 Å². The smallest absolute Gasteiger partial charge is 0.254 e. The summed E-state index contributed by atoms with van der Waals surface area (Å²) >= 11 is 0. The maximum atomic E-state index is 13.8. The predicted octanol–water partition coefficient (Wildman–Crippen LogP) is 6.60. The van der Waals surface area contributed by atoms with E-state index in [-0.39, 0.29) is 17.9 Å². The van der Waals surface area contributed by atoms with E-state index in [1.54, 1.807) is 12.4 Å². The summed E-state index contributed by atoms with van der Waals surface area (Å²) in [6, 6.07) is 26.8. The van der Waals surface area contributed by atoms with Gasteiger partial charge in [-0.2, -0.15) is 0 Å². The molecule has 2 amide bonds. The number of hydrogen-bond acceptors (Lipinski definition) is 3. The molecule has 0 unspecified atom stereocenters. The fraction of sp³-hybridized carbons (Fsp3) is 0.219. The third-order valence-corrected chi connectivity index (χ3v) is 6.42. The summed E-state index contributed by atoms with van der Waals surface area (Å²) in [6.07, 6.45) is 4.35. The van der Waals surface area contributed by atoms with Gasteiger partial charge in [-0.25, -0.2) is 0 Å². The number of carbonyl (C=O) groups excluding carboxylic acids is 2. The lowest BCUT2D eigenvalue weighted by Crippen LogP contribution is -2.32. The molecule has 5 heteroatoms. The molecule has 4 aromatic rings. The van der Waals surface area contributed by atoms with Crippen LogP contribution in [-0.2, 0) is 6.54 Å². The highest BCUT2D eigenvalue weighted by molar-refractivity contribution is 6.06. The van der Waals surface area contributed by atoms with Gasteiger partial charge >= 0.3 is 0 Å². The van der Waals surface area contributed by atoms with Crippen molar-refractivity contribution in [1.82, 2.24) is 15.2 Å². The first-order valence-electron chi connectivity index (χ1n) is 12.7. The van der Waals surface area contributed by atoms with Gasteiger partial charge in [0.05, 0.1) is 6.04 Å². The minimum absolute atomic E-state index is 0.0652. The number of rotatable bonds is 9. The number of nitrogens with one attached hydrogen (secondary N) is 1. The van der Waals surface area contributed by atoms with E-state index in [2.05, 4.69) is 17.2 Å². The first kappa shape index (κ1) is 25.8. The molecule has 0 aliphatic rings. The van der Waals surface area contributed by atoms with Crippen molar-refractivity contribution < 1.29 is 9.59 Å². The summed E-state index contributed by atoms with van der Waals surface area (Å²) < 4.78 is 0. The molecule has 5 nitrogen and oxygen atoms in total. The zero-order valence-corrected chi connectivity index (χ0v) is 21.6. The Morgan fingerprint density at radius 1 is 0.865 bits per heavy atom. The average molecular weight is 492 g/mol. The van der Waals surface area contributed by atoms with E-state index in [1.165, 1.54) is 5.56 Å². The lowest BCUT2D eigenvalue weighted by Gasteiger charge is -2.24. The molecule has 37 heavy (non-hydrogen) atoms. The number of pyridine rings is 1. The number of aryl methyl sites for hydroxylation is 1. The molecular formula is C32H33N3O2. The third-order valence-electron chi connectivity index (χ3n) is 6.42. The van der Waals surface area contributed by atoms with E-state index in [1.807, 2.05) is 104 Å². The van der Waals surface area contributed by atoms with Crippen LogP contribution in [0, 0.1) is 6.92 Å². The molecule has 3 aromatic carbocycles. The van der Waals surface area contributed by atoms with Crippen LogP contribution < -0.4 is 5.32 Å². The Balaban J connectivity index is 1.64. The van der Waals surface area contributed by atoms with Crippen LogP contribution in [-0.4, -0.2) is 28.2 Å². The normalized spacial score (nSPS) is 11.5. The second-order valence-corrected chi connectivity index (χ2v) is 9.28. The first-order chi connectivity index (χ1) is 18.0. The van der Waals surface area contributed by atoms with Crippen LogP contribution >= 0.6 is 0 Å². The Morgan fingerprint density at radius 2 is 1.51 bits per heavy atom. The lowest BCUT2D eigenvalue weighted by atomic mass is 9.94. The Morgan fingerprint density at radius 3 is 2.16 bits per heavy atom. The van der Waals surface area contributed by atoms with Crippen LogP contribution in [0.25, 0.3) is 11.1 Å². The topological polar surface area (TPSA) is 62.3 Å². The first-order valence-corrected chi connectivity index (χ1v) is 12.7. The quantitative estimate of drug-likeness (QED) is 0.287. The van der Waals surface area contributed by atoms with Gasteiger partial charge < -0.3 is 10.2 Å². The van der Waals surface area contributed by atoms with E-state index in [0.29, 0.717) is 24.2 Å². The molecule has 1 heterocycles. The number of benzene rings is 3. The summed E-state index contributed by atoms with van der Waals surface area (Å²) in [5, 5.41) is 3.13. The fourth-order valence-electron chi connectivity index (χ4n) is 4.44.